The summed E-state index contributed by atoms with van der Waals surface area (Å²) in [6, 6.07) is -0.285. The van der Waals surface area contributed by atoms with E-state index >= 15 is 0 Å². The van der Waals surface area contributed by atoms with Crippen molar-refractivity contribution in [3.05, 3.63) is 0 Å². The van der Waals surface area contributed by atoms with Crippen molar-refractivity contribution in [3.8, 4) is 0 Å². The summed E-state index contributed by atoms with van der Waals surface area (Å²) in [6.07, 6.45) is 5.39. The predicted octanol–water partition coefficient (Wildman–Crippen LogP) is 0.817. The summed E-state index contributed by atoms with van der Waals surface area (Å²) in [4.78, 5) is 22.3. The number of imide groups is 1. The number of amides is 2. The lowest BCUT2D eigenvalue weighted by molar-refractivity contribution is -0.125. The molecule has 1 aliphatic heterocycles. The highest BCUT2D eigenvalue weighted by Gasteiger charge is 2.30. The number of hydrogen-bond donors (Lipinski definition) is 2. The number of carbonyl (C=O) groups excluding carboxylic acids is 2. The van der Waals surface area contributed by atoms with Crippen LogP contribution in [0.15, 0.2) is 0 Å². The van der Waals surface area contributed by atoms with Crippen LogP contribution in [0.2, 0.25) is 0 Å². The van der Waals surface area contributed by atoms with Crippen molar-refractivity contribution < 1.29 is 9.59 Å². The van der Waals surface area contributed by atoms with Crippen LogP contribution in [0, 0.1) is 11.8 Å². The summed E-state index contributed by atoms with van der Waals surface area (Å²) in [5, 5.41) is 5.53. The molecule has 2 rings (SSSR count). The molecule has 4 heteroatoms. The van der Waals surface area contributed by atoms with Crippen LogP contribution in [0.1, 0.15) is 39.0 Å². The lowest BCUT2D eigenvalue weighted by Crippen LogP contribution is -2.39. The van der Waals surface area contributed by atoms with Crippen molar-refractivity contribution in [3.63, 3.8) is 0 Å². The maximum Gasteiger partial charge on any atom is 0.244 e. The maximum atomic E-state index is 11.3. The summed E-state index contributed by atoms with van der Waals surface area (Å²) in [5.74, 6) is 1.22. The topological polar surface area (TPSA) is 58.2 Å². The van der Waals surface area contributed by atoms with Crippen LogP contribution in [-0.2, 0) is 9.59 Å². The van der Waals surface area contributed by atoms with E-state index in [9.17, 15) is 9.59 Å². The molecule has 2 N–H and O–H groups in total. The molecular weight excluding hydrogens is 204 g/mol. The van der Waals surface area contributed by atoms with E-state index in [-0.39, 0.29) is 17.9 Å². The molecule has 4 nitrogen and oxygen atoms in total. The summed E-state index contributed by atoms with van der Waals surface area (Å²) in [6.45, 7) is 3.17. The van der Waals surface area contributed by atoms with Gasteiger partial charge in [-0.25, -0.2) is 0 Å². The van der Waals surface area contributed by atoms with Crippen LogP contribution >= 0.6 is 0 Å². The third-order valence-electron chi connectivity index (χ3n) is 3.76. The molecule has 1 saturated heterocycles. The fraction of sp³-hybridized carbons (Fsp3) is 0.833. The highest BCUT2D eigenvalue weighted by Crippen LogP contribution is 2.27. The minimum atomic E-state index is -0.285. The quantitative estimate of drug-likeness (QED) is 0.698. The van der Waals surface area contributed by atoms with E-state index in [1.165, 1.54) is 25.7 Å². The normalized spacial score (nSPS) is 35.2. The highest BCUT2D eigenvalue weighted by molar-refractivity contribution is 6.05. The van der Waals surface area contributed by atoms with Crippen molar-refractivity contribution in [2.24, 2.45) is 11.8 Å². The van der Waals surface area contributed by atoms with E-state index in [0.29, 0.717) is 12.3 Å². The second-order valence-electron chi connectivity index (χ2n) is 5.20. The van der Waals surface area contributed by atoms with Gasteiger partial charge in [-0.05, 0) is 31.2 Å². The molecule has 1 atom stereocenters. The molecule has 1 aliphatic carbocycles. The summed E-state index contributed by atoms with van der Waals surface area (Å²) in [5.41, 5.74) is 0. The smallest absolute Gasteiger partial charge is 0.244 e. The predicted molar refractivity (Wildman–Crippen MR) is 60.7 cm³/mol. The Hall–Kier alpha value is -0.900. The maximum absolute atomic E-state index is 11.3. The largest absolute Gasteiger partial charge is 0.305 e. The molecule has 0 aromatic rings. The first-order chi connectivity index (χ1) is 7.65. The summed E-state index contributed by atoms with van der Waals surface area (Å²) >= 11 is 0. The minimum absolute atomic E-state index is 0.153. The van der Waals surface area contributed by atoms with Gasteiger partial charge in [-0.1, -0.05) is 19.8 Å². The lowest BCUT2D eigenvalue weighted by atomic mass is 9.83. The Kier molecular flexibility index (Phi) is 3.59. The Balaban J connectivity index is 1.71. The number of rotatable bonds is 3. The Morgan fingerprint density at radius 2 is 1.94 bits per heavy atom. The van der Waals surface area contributed by atoms with Crippen molar-refractivity contribution >= 4 is 11.8 Å². The van der Waals surface area contributed by atoms with E-state index in [1.807, 2.05) is 0 Å². The molecule has 2 amide bonds. The SMILES string of the molecule is CC1CCC(CNC2CC(=O)NC2=O)CC1. The standard InChI is InChI=1S/C12H20N2O2/c1-8-2-4-9(5-3-8)7-13-10-6-11(15)14-12(10)16/h8-10,13H,2-7H2,1H3,(H,14,15,16). The van der Waals surface area contributed by atoms with Crippen molar-refractivity contribution in [2.45, 2.75) is 45.1 Å². The monoisotopic (exact) mass is 224 g/mol. The van der Waals surface area contributed by atoms with Crippen LogP contribution in [-0.4, -0.2) is 24.4 Å². The van der Waals surface area contributed by atoms with E-state index < -0.39 is 0 Å². The van der Waals surface area contributed by atoms with Crippen molar-refractivity contribution in [1.29, 1.82) is 0 Å². The van der Waals surface area contributed by atoms with Gasteiger partial charge in [0.2, 0.25) is 11.8 Å². The van der Waals surface area contributed by atoms with Crippen LogP contribution in [0.25, 0.3) is 0 Å². The third-order valence-corrected chi connectivity index (χ3v) is 3.76. The van der Waals surface area contributed by atoms with Gasteiger partial charge >= 0.3 is 0 Å². The van der Waals surface area contributed by atoms with Crippen LogP contribution < -0.4 is 10.6 Å². The van der Waals surface area contributed by atoms with Gasteiger partial charge in [0.15, 0.2) is 0 Å². The second-order valence-corrected chi connectivity index (χ2v) is 5.20. The number of nitrogens with one attached hydrogen (secondary N) is 2. The van der Waals surface area contributed by atoms with Crippen LogP contribution in [0.3, 0.4) is 0 Å². The molecule has 0 radical (unpaired) electrons. The van der Waals surface area contributed by atoms with Gasteiger partial charge in [0.1, 0.15) is 0 Å². The third kappa shape index (κ3) is 2.82. The van der Waals surface area contributed by atoms with E-state index in [1.54, 1.807) is 0 Å². The van der Waals surface area contributed by atoms with E-state index in [2.05, 4.69) is 17.6 Å². The van der Waals surface area contributed by atoms with E-state index in [0.717, 1.165) is 12.5 Å². The average molecular weight is 224 g/mol. The number of hydrogen-bond acceptors (Lipinski definition) is 3. The Morgan fingerprint density at radius 1 is 1.25 bits per heavy atom. The van der Waals surface area contributed by atoms with E-state index in [4.69, 9.17) is 0 Å². The lowest BCUT2D eigenvalue weighted by Gasteiger charge is -2.26. The zero-order chi connectivity index (χ0) is 11.5. The summed E-state index contributed by atoms with van der Waals surface area (Å²) < 4.78 is 0. The first-order valence-electron chi connectivity index (χ1n) is 6.22. The first-order valence-corrected chi connectivity index (χ1v) is 6.22. The van der Waals surface area contributed by atoms with Gasteiger partial charge in [-0.2, -0.15) is 0 Å². The molecule has 0 bridgehead atoms. The van der Waals surface area contributed by atoms with Gasteiger partial charge in [0.25, 0.3) is 0 Å². The fourth-order valence-electron chi connectivity index (χ4n) is 2.56. The molecule has 1 heterocycles. The molecule has 1 unspecified atom stereocenters. The molecule has 1 saturated carbocycles. The highest BCUT2D eigenvalue weighted by atomic mass is 16.2. The van der Waals surface area contributed by atoms with Gasteiger partial charge < -0.3 is 5.32 Å². The average Bonchev–Trinajstić information content (AvgIpc) is 2.57. The van der Waals surface area contributed by atoms with Gasteiger partial charge in [0, 0.05) is 0 Å². The van der Waals surface area contributed by atoms with Crippen LogP contribution in [0.4, 0.5) is 0 Å². The van der Waals surface area contributed by atoms with Gasteiger partial charge in [0.05, 0.1) is 12.5 Å². The zero-order valence-electron chi connectivity index (χ0n) is 9.79. The number of carbonyl (C=O) groups is 2. The Morgan fingerprint density at radius 3 is 2.50 bits per heavy atom. The van der Waals surface area contributed by atoms with Crippen molar-refractivity contribution in [2.75, 3.05) is 6.54 Å². The van der Waals surface area contributed by atoms with Crippen molar-refractivity contribution in [1.82, 2.24) is 10.6 Å². The molecule has 2 aliphatic rings. The Bertz CT molecular complexity index is 283. The first kappa shape index (κ1) is 11.6. The Labute approximate surface area is 96.2 Å². The van der Waals surface area contributed by atoms with Crippen LogP contribution in [0.5, 0.6) is 0 Å². The molecule has 2 fully saturated rings. The van der Waals surface area contributed by atoms with Gasteiger partial charge in [-0.3, -0.25) is 14.9 Å². The second kappa shape index (κ2) is 4.95. The molecule has 16 heavy (non-hydrogen) atoms. The fourth-order valence-corrected chi connectivity index (χ4v) is 2.56. The summed E-state index contributed by atoms with van der Waals surface area (Å²) in [7, 11) is 0. The molecule has 0 aromatic heterocycles. The molecule has 0 spiro atoms. The van der Waals surface area contributed by atoms with Gasteiger partial charge in [-0.15, -0.1) is 0 Å². The minimum Gasteiger partial charge on any atom is -0.305 e. The molecule has 0 aromatic carbocycles. The molecular formula is C12H20N2O2. The molecule has 90 valence electrons. The zero-order valence-corrected chi connectivity index (χ0v) is 9.79.